The van der Waals surface area contributed by atoms with Crippen molar-refractivity contribution in [3.8, 4) is 0 Å². The molecule has 0 radical (unpaired) electrons. The minimum Gasteiger partial charge on any atom is -0.358 e. The smallest absolute Gasteiger partial charge is 0.123 e. The average molecular weight is 220 g/mol. The second-order valence-electron chi connectivity index (χ2n) is 4.43. The Hall–Kier alpha value is -1.35. The molecule has 0 aliphatic carbocycles. The zero-order valence-electron chi connectivity index (χ0n) is 9.68. The van der Waals surface area contributed by atoms with Crippen molar-refractivity contribution in [3.63, 3.8) is 0 Å². The highest BCUT2D eigenvalue weighted by molar-refractivity contribution is 5.84. The molecular weight excluding hydrogens is 203 g/mol. The quantitative estimate of drug-likeness (QED) is 0.820. The molecule has 1 unspecified atom stereocenters. The first-order chi connectivity index (χ1) is 7.58. The molecule has 3 heteroatoms. The third-order valence-corrected chi connectivity index (χ3v) is 2.93. The van der Waals surface area contributed by atoms with Crippen molar-refractivity contribution in [1.82, 2.24) is 4.98 Å². The van der Waals surface area contributed by atoms with Crippen LogP contribution in [0.5, 0.6) is 0 Å². The van der Waals surface area contributed by atoms with Crippen LogP contribution in [0.25, 0.3) is 10.9 Å². The number of fused-ring (bicyclic) bond motifs is 1. The van der Waals surface area contributed by atoms with Gasteiger partial charge >= 0.3 is 0 Å². The number of aryl methyl sites for hydroxylation is 2. The molecule has 0 aliphatic rings. The van der Waals surface area contributed by atoms with E-state index in [2.05, 4.69) is 4.98 Å². The van der Waals surface area contributed by atoms with E-state index in [-0.39, 0.29) is 11.9 Å². The fourth-order valence-electron chi connectivity index (χ4n) is 2.05. The normalized spacial score (nSPS) is 13.2. The minimum absolute atomic E-state index is 0.179. The third-order valence-electron chi connectivity index (χ3n) is 2.93. The largest absolute Gasteiger partial charge is 0.358 e. The van der Waals surface area contributed by atoms with Crippen molar-refractivity contribution in [2.75, 3.05) is 0 Å². The van der Waals surface area contributed by atoms with Crippen molar-refractivity contribution in [2.24, 2.45) is 5.73 Å². The Morgan fingerprint density at radius 1 is 1.44 bits per heavy atom. The number of aromatic nitrogens is 1. The summed E-state index contributed by atoms with van der Waals surface area (Å²) >= 11 is 0. The van der Waals surface area contributed by atoms with E-state index in [9.17, 15) is 4.39 Å². The van der Waals surface area contributed by atoms with Crippen molar-refractivity contribution >= 4 is 10.9 Å². The van der Waals surface area contributed by atoms with Gasteiger partial charge in [-0.25, -0.2) is 4.39 Å². The zero-order chi connectivity index (χ0) is 11.7. The van der Waals surface area contributed by atoms with E-state index >= 15 is 0 Å². The molecule has 1 heterocycles. The van der Waals surface area contributed by atoms with Gasteiger partial charge in [0.25, 0.3) is 0 Å². The molecule has 2 nitrogen and oxygen atoms in total. The van der Waals surface area contributed by atoms with Gasteiger partial charge < -0.3 is 10.7 Å². The molecule has 0 amide bonds. The fraction of sp³-hybridized carbons (Fsp3) is 0.385. The van der Waals surface area contributed by atoms with Gasteiger partial charge in [0.2, 0.25) is 0 Å². The number of H-pyrrole nitrogens is 1. The Morgan fingerprint density at radius 3 is 2.88 bits per heavy atom. The van der Waals surface area contributed by atoms with Gasteiger partial charge in [0.05, 0.1) is 0 Å². The molecule has 1 aromatic heterocycles. The summed E-state index contributed by atoms with van der Waals surface area (Å²) in [7, 11) is 0. The van der Waals surface area contributed by atoms with E-state index in [1.165, 1.54) is 11.6 Å². The summed E-state index contributed by atoms with van der Waals surface area (Å²) in [6.07, 6.45) is 1.82. The van der Waals surface area contributed by atoms with Crippen molar-refractivity contribution in [2.45, 2.75) is 32.7 Å². The van der Waals surface area contributed by atoms with E-state index in [0.717, 1.165) is 29.4 Å². The van der Waals surface area contributed by atoms with Gasteiger partial charge in [0.15, 0.2) is 0 Å². The summed E-state index contributed by atoms with van der Waals surface area (Å²) < 4.78 is 13.2. The summed E-state index contributed by atoms with van der Waals surface area (Å²) in [6.45, 7) is 4.01. The number of rotatable bonds is 3. The zero-order valence-corrected chi connectivity index (χ0v) is 9.68. The van der Waals surface area contributed by atoms with Crippen LogP contribution in [0.4, 0.5) is 4.39 Å². The topological polar surface area (TPSA) is 41.8 Å². The van der Waals surface area contributed by atoms with Crippen LogP contribution in [0.15, 0.2) is 18.2 Å². The predicted molar refractivity (Wildman–Crippen MR) is 65.0 cm³/mol. The fourth-order valence-corrected chi connectivity index (χ4v) is 2.05. The van der Waals surface area contributed by atoms with Gasteiger partial charge in [-0.2, -0.15) is 0 Å². The lowest BCUT2D eigenvalue weighted by atomic mass is 10.0. The Morgan fingerprint density at radius 2 is 2.19 bits per heavy atom. The van der Waals surface area contributed by atoms with E-state index in [1.807, 2.05) is 13.8 Å². The van der Waals surface area contributed by atoms with E-state index in [0.29, 0.717) is 0 Å². The summed E-state index contributed by atoms with van der Waals surface area (Å²) in [4.78, 5) is 3.27. The van der Waals surface area contributed by atoms with Crippen LogP contribution in [-0.4, -0.2) is 11.0 Å². The summed E-state index contributed by atoms with van der Waals surface area (Å²) in [5.74, 6) is -0.187. The number of hydrogen-bond donors (Lipinski definition) is 2. The third kappa shape index (κ3) is 2.09. The molecular formula is C13H17FN2. The highest BCUT2D eigenvalue weighted by Gasteiger charge is 2.09. The highest BCUT2D eigenvalue weighted by atomic mass is 19.1. The number of nitrogens with two attached hydrogens (primary N) is 1. The van der Waals surface area contributed by atoms with Crippen molar-refractivity contribution < 1.29 is 4.39 Å². The van der Waals surface area contributed by atoms with Crippen LogP contribution in [0.3, 0.4) is 0 Å². The van der Waals surface area contributed by atoms with E-state index in [1.54, 1.807) is 12.1 Å². The maximum Gasteiger partial charge on any atom is 0.123 e. The monoisotopic (exact) mass is 220 g/mol. The highest BCUT2D eigenvalue weighted by Crippen LogP contribution is 2.24. The number of halogens is 1. The lowest BCUT2D eigenvalue weighted by Gasteiger charge is -2.05. The number of hydrogen-bond acceptors (Lipinski definition) is 1. The molecule has 2 aromatic rings. The molecule has 2 rings (SSSR count). The Bertz CT molecular complexity index is 500. The average Bonchev–Trinajstić information content (AvgIpc) is 2.51. The maximum atomic E-state index is 13.2. The predicted octanol–water partition coefficient (Wildman–Crippen LogP) is 2.90. The van der Waals surface area contributed by atoms with Gasteiger partial charge in [-0.3, -0.25) is 0 Å². The van der Waals surface area contributed by atoms with Crippen molar-refractivity contribution in [1.29, 1.82) is 0 Å². The Kier molecular flexibility index (Phi) is 2.97. The first-order valence-electron chi connectivity index (χ1n) is 5.60. The van der Waals surface area contributed by atoms with Crippen LogP contribution in [0, 0.1) is 12.7 Å². The Balaban J connectivity index is 2.42. The van der Waals surface area contributed by atoms with Crippen LogP contribution in [0.1, 0.15) is 24.6 Å². The molecule has 86 valence electrons. The van der Waals surface area contributed by atoms with Crippen LogP contribution < -0.4 is 5.73 Å². The standard InChI is InChI=1S/C13H17FN2/c1-8(15)3-5-11-9(2)16-13-6-4-10(14)7-12(11)13/h4,6-8,16H,3,5,15H2,1-2H3. The molecule has 3 N–H and O–H groups in total. The van der Waals surface area contributed by atoms with Gasteiger partial charge in [-0.05, 0) is 50.5 Å². The molecule has 0 spiro atoms. The first kappa shape index (κ1) is 11.1. The number of benzene rings is 1. The maximum absolute atomic E-state index is 13.2. The molecule has 0 saturated carbocycles. The van der Waals surface area contributed by atoms with E-state index in [4.69, 9.17) is 5.73 Å². The molecule has 0 fully saturated rings. The lowest BCUT2D eigenvalue weighted by Crippen LogP contribution is -2.15. The van der Waals surface area contributed by atoms with E-state index < -0.39 is 0 Å². The molecule has 1 aromatic carbocycles. The van der Waals surface area contributed by atoms with Gasteiger partial charge in [0.1, 0.15) is 5.82 Å². The second-order valence-corrected chi connectivity index (χ2v) is 4.43. The summed E-state index contributed by atoms with van der Waals surface area (Å²) in [6, 6.07) is 5.04. The molecule has 1 atom stereocenters. The second kappa shape index (κ2) is 4.26. The minimum atomic E-state index is -0.187. The van der Waals surface area contributed by atoms with Crippen LogP contribution in [0.2, 0.25) is 0 Å². The molecule has 16 heavy (non-hydrogen) atoms. The first-order valence-corrected chi connectivity index (χ1v) is 5.60. The molecule has 0 saturated heterocycles. The molecule has 0 bridgehead atoms. The van der Waals surface area contributed by atoms with Crippen molar-refractivity contribution in [3.05, 3.63) is 35.3 Å². The van der Waals surface area contributed by atoms with Crippen LogP contribution >= 0.6 is 0 Å². The molecule has 0 aliphatic heterocycles. The number of nitrogens with one attached hydrogen (secondary N) is 1. The summed E-state index contributed by atoms with van der Waals surface area (Å²) in [5, 5.41) is 0.984. The lowest BCUT2D eigenvalue weighted by molar-refractivity contribution is 0.629. The SMILES string of the molecule is Cc1[nH]c2ccc(F)cc2c1CCC(C)N. The van der Waals surface area contributed by atoms with Gasteiger partial charge in [0, 0.05) is 22.6 Å². The van der Waals surface area contributed by atoms with Gasteiger partial charge in [-0.1, -0.05) is 0 Å². The van der Waals surface area contributed by atoms with Gasteiger partial charge in [-0.15, -0.1) is 0 Å². The number of aromatic amines is 1. The summed E-state index contributed by atoms with van der Waals surface area (Å²) in [5.41, 5.74) is 9.05. The van der Waals surface area contributed by atoms with Crippen LogP contribution in [-0.2, 0) is 6.42 Å². The Labute approximate surface area is 94.7 Å².